The van der Waals surface area contributed by atoms with E-state index in [9.17, 15) is 9.18 Å². The van der Waals surface area contributed by atoms with Gasteiger partial charge in [0.05, 0.1) is 5.69 Å². The van der Waals surface area contributed by atoms with Gasteiger partial charge in [0.1, 0.15) is 22.0 Å². The van der Waals surface area contributed by atoms with Crippen LogP contribution in [0.3, 0.4) is 0 Å². The number of urea groups is 1. The Hall–Kier alpha value is -2.49. The molecule has 0 aliphatic heterocycles. The van der Waals surface area contributed by atoms with Gasteiger partial charge in [-0.2, -0.15) is 0 Å². The van der Waals surface area contributed by atoms with Gasteiger partial charge in [-0.1, -0.05) is 22.9 Å². The van der Waals surface area contributed by atoms with Crippen LogP contribution < -0.4 is 15.5 Å². The Morgan fingerprint density at radius 3 is 2.72 bits per heavy atom. The summed E-state index contributed by atoms with van der Waals surface area (Å²) in [4.78, 5) is 25.3. The molecule has 154 valence electrons. The Morgan fingerprint density at radius 1 is 1.21 bits per heavy atom. The summed E-state index contributed by atoms with van der Waals surface area (Å²) in [5.74, 6) is 0.126. The average Bonchev–Trinajstić information content (AvgIpc) is 3.05. The zero-order valence-electron chi connectivity index (χ0n) is 16.4. The molecule has 0 aliphatic rings. The van der Waals surface area contributed by atoms with Crippen LogP contribution in [0.4, 0.5) is 25.8 Å². The Morgan fingerprint density at radius 2 is 2.00 bits per heavy atom. The van der Waals surface area contributed by atoms with Crippen molar-refractivity contribution in [1.29, 1.82) is 0 Å². The molecule has 0 saturated heterocycles. The summed E-state index contributed by atoms with van der Waals surface area (Å²) >= 11 is 7.08. The van der Waals surface area contributed by atoms with Crippen molar-refractivity contribution >= 4 is 56.0 Å². The smallest absolute Gasteiger partial charge is 0.321 e. The number of nitrogens with zero attached hydrogens (tertiary/aromatic N) is 4. The first-order chi connectivity index (χ1) is 13.8. The molecule has 0 bridgehead atoms. The summed E-state index contributed by atoms with van der Waals surface area (Å²) in [6.07, 6.45) is 0.860. The average molecular weight is 437 g/mol. The summed E-state index contributed by atoms with van der Waals surface area (Å²) in [5.41, 5.74) is 1.02. The van der Waals surface area contributed by atoms with Crippen LogP contribution >= 0.6 is 22.9 Å². The molecule has 2 N–H and O–H groups in total. The molecule has 0 saturated carbocycles. The number of thiazole rings is 1. The van der Waals surface area contributed by atoms with Crippen LogP contribution in [0.2, 0.25) is 5.02 Å². The Kier molecular flexibility index (Phi) is 6.83. The van der Waals surface area contributed by atoms with Crippen LogP contribution in [0.1, 0.15) is 6.42 Å². The van der Waals surface area contributed by atoms with E-state index in [-0.39, 0.29) is 6.03 Å². The SMILES string of the molecule is CN(C)CCCNC(=O)Nc1nc2ccc(N(C)c3ccc(Cl)cc3F)nc2s1. The van der Waals surface area contributed by atoms with Crippen LogP contribution in [0.25, 0.3) is 10.3 Å². The maximum Gasteiger partial charge on any atom is 0.321 e. The molecule has 29 heavy (non-hydrogen) atoms. The van der Waals surface area contributed by atoms with Crippen molar-refractivity contribution in [2.24, 2.45) is 0 Å². The van der Waals surface area contributed by atoms with Crippen LogP contribution in [0, 0.1) is 5.82 Å². The molecule has 0 aliphatic carbocycles. The van der Waals surface area contributed by atoms with E-state index in [1.54, 1.807) is 36.2 Å². The van der Waals surface area contributed by atoms with Crippen molar-refractivity contribution < 1.29 is 9.18 Å². The van der Waals surface area contributed by atoms with Crippen LogP contribution in [0.15, 0.2) is 30.3 Å². The van der Waals surface area contributed by atoms with Crippen molar-refractivity contribution in [3.05, 3.63) is 41.2 Å². The van der Waals surface area contributed by atoms with E-state index in [1.807, 2.05) is 14.1 Å². The van der Waals surface area contributed by atoms with Gasteiger partial charge < -0.3 is 15.1 Å². The fourth-order valence-electron chi connectivity index (χ4n) is 2.66. The number of rotatable bonds is 7. The molecule has 0 atom stereocenters. The molecular weight excluding hydrogens is 415 g/mol. The highest BCUT2D eigenvalue weighted by Crippen LogP contribution is 2.30. The van der Waals surface area contributed by atoms with Crippen molar-refractivity contribution in [3.8, 4) is 0 Å². The van der Waals surface area contributed by atoms with Gasteiger partial charge in [0, 0.05) is 18.6 Å². The lowest BCUT2D eigenvalue weighted by Crippen LogP contribution is -2.31. The van der Waals surface area contributed by atoms with Crippen LogP contribution in [-0.4, -0.2) is 55.1 Å². The van der Waals surface area contributed by atoms with E-state index in [0.29, 0.717) is 38.6 Å². The fourth-order valence-corrected chi connectivity index (χ4v) is 3.65. The topological polar surface area (TPSA) is 73.4 Å². The molecule has 2 amide bonds. The van der Waals surface area contributed by atoms with Crippen LogP contribution in [-0.2, 0) is 0 Å². The molecule has 2 heterocycles. The number of anilines is 3. The van der Waals surface area contributed by atoms with Crippen molar-refractivity contribution in [2.45, 2.75) is 6.42 Å². The van der Waals surface area contributed by atoms with E-state index < -0.39 is 5.82 Å². The van der Waals surface area contributed by atoms with E-state index in [2.05, 4.69) is 25.5 Å². The number of pyridine rings is 1. The second-order valence-corrected chi connectivity index (χ2v) is 8.12. The standard InChI is InChI=1S/C19H22ClFN6OS/c1-26(2)10-4-9-22-18(28)25-19-23-14-6-8-16(24-17(14)29-19)27(3)15-7-5-12(20)11-13(15)21/h5-8,11H,4,9-10H2,1-3H3,(H2,22,23,25,28). The minimum atomic E-state index is -0.431. The summed E-state index contributed by atoms with van der Waals surface area (Å²) < 4.78 is 14.2. The van der Waals surface area contributed by atoms with Crippen molar-refractivity contribution in [2.75, 3.05) is 44.4 Å². The van der Waals surface area contributed by atoms with Gasteiger partial charge in [-0.15, -0.1) is 0 Å². The molecule has 0 spiro atoms. The normalized spacial score (nSPS) is 11.1. The molecule has 0 fully saturated rings. The third kappa shape index (κ3) is 5.53. The first-order valence-electron chi connectivity index (χ1n) is 8.99. The molecular formula is C19H22ClFN6OS. The fraction of sp³-hybridized carbons (Fsp3) is 0.316. The molecule has 1 aromatic carbocycles. The quantitative estimate of drug-likeness (QED) is 0.539. The predicted octanol–water partition coefficient (Wildman–Crippen LogP) is 4.32. The first-order valence-corrected chi connectivity index (χ1v) is 10.2. The number of carbonyl (C=O) groups is 1. The van der Waals surface area contributed by atoms with E-state index >= 15 is 0 Å². The largest absolute Gasteiger partial charge is 0.338 e. The van der Waals surface area contributed by atoms with Gasteiger partial charge in [0.15, 0.2) is 5.13 Å². The lowest BCUT2D eigenvalue weighted by Gasteiger charge is -2.18. The summed E-state index contributed by atoms with van der Waals surface area (Å²) in [7, 11) is 5.70. The molecule has 0 unspecified atom stereocenters. The maximum atomic E-state index is 14.2. The minimum Gasteiger partial charge on any atom is -0.338 e. The Labute approximate surface area is 177 Å². The summed E-state index contributed by atoms with van der Waals surface area (Å²) in [5, 5.41) is 6.32. The first kappa shape index (κ1) is 21.2. The third-order valence-corrected chi connectivity index (χ3v) is 5.26. The number of carbonyl (C=O) groups excluding carboxylic acids is 1. The maximum absolute atomic E-state index is 14.2. The van der Waals surface area contributed by atoms with Gasteiger partial charge >= 0.3 is 6.03 Å². The molecule has 0 radical (unpaired) electrons. The number of halogens is 2. The number of fused-ring (bicyclic) bond motifs is 1. The lowest BCUT2D eigenvalue weighted by atomic mass is 10.2. The number of benzene rings is 1. The lowest BCUT2D eigenvalue weighted by molar-refractivity contribution is 0.251. The predicted molar refractivity (Wildman–Crippen MR) is 117 cm³/mol. The minimum absolute atomic E-state index is 0.302. The molecule has 3 rings (SSSR count). The van der Waals surface area contributed by atoms with Crippen LogP contribution in [0.5, 0.6) is 0 Å². The van der Waals surface area contributed by atoms with Crippen molar-refractivity contribution in [3.63, 3.8) is 0 Å². The van der Waals surface area contributed by atoms with Gasteiger partial charge in [-0.3, -0.25) is 5.32 Å². The highest BCUT2D eigenvalue weighted by molar-refractivity contribution is 7.22. The summed E-state index contributed by atoms with van der Waals surface area (Å²) in [6.45, 7) is 1.48. The van der Waals surface area contributed by atoms with E-state index in [0.717, 1.165) is 13.0 Å². The number of hydrogen-bond donors (Lipinski definition) is 2. The Balaban J connectivity index is 1.69. The van der Waals surface area contributed by atoms with E-state index in [4.69, 9.17) is 11.6 Å². The number of nitrogens with one attached hydrogen (secondary N) is 2. The van der Waals surface area contributed by atoms with Gasteiger partial charge in [-0.25, -0.2) is 19.2 Å². The van der Waals surface area contributed by atoms with Gasteiger partial charge in [0.2, 0.25) is 0 Å². The summed E-state index contributed by atoms with van der Waals surface area (Å²) in [6, 6.07) is 7.73. The molecule has 3 aromatic rings. The van der Waals surface area contributed by atoms with E-state index in [1.165, 1.54) is 17.4 Å². The van der Waals surface area contributed by atoms with Crippen molar-refractivity contribution in [1.82, 2.24) is 20.2 Å². The highest BCUT2D eigenvalue weighted by atomic mass is 35.5. The number of hydrogen-bond acceptors (Lipinski definition) is 6. The monoisotopic (exact) mass is 436 g/mol. The second kappa shape index (κ2) is 9.34. The molecule has 10 heteroatoms. The molecule has 2 aromatic heterocycles. The number of aromatic nitrogens is 2. The zero-order valence-corrected chi connectivity index (χ0v) is 17.9. The van der Waals surface area contributed by atoms with Gasteiger partial charge in [-0.05, 0) is 57.4 Å². The molecule has 7 nitrogen and oxygen atoms in total. The Bertz CT molecular complexity index is 1010. The number of amides is 2. The third-order valence-electron chi connectivity index (χ3n) is 4.14. The van der Waals surface area contributed by atoms with Gasteiger partial charge in [0.25, 0.3) is 0 Å². The highest BCUT2D eigenvalue weighted by Gasteiger charge is 2.14. The second-order valence-electron chi connectivity index (χ2n) is 6.71. The zero-order chi connectivity index (χ0) is 21.0.